The van der Waals surface area contributed by atoms with E-state index in [1.54, 1.807) is 0 Å². The lowest BCUT2D eigenvalue weighted by Gasteiger charge is -2.18. The molecule has 0 spiro atoms. The number of nitrogens with one attached hydrogen (secondary N) is 1. The number of hydrogen-bond donors (Lipinski definition) is 1. The van der Waals surface area contributed by atoms with E-state index in [1.165, 1.54) is 76.7 Å². The van der Waals surface area contributed by atoms with E-state index in [2.05, 4.69) is 151 Å². The van der Waals surface area contributed by atoms with Crippen LogP contribution in [0.3, 0.4) is 0 Å². The van der Waals surface area contributed by atoms with Gasteiger partial charge < -0.3 is 4.98 Å². The molecule has 7 aromatic carbocycles. The first kappa shape index (κ1) is 21.9. The van der Waals surface area contributed by atoms with Crippen molar-refractivity contribution < 1.29 is 0 Å². The van der Waals surface area contributed by atoms with Crippen molar-refractivity contribution in [2.45, 2.75) is 0 Å². The van der Waals surface area contributed by atoms with Gasteiger partial charge in [-0.2, -0.15) is 0 Å². The Morgan fingerprint density at radius 1 is 0.282 bits per heavy atom. The predicted molar refractivity (Wildman–Crippen MR) is 167 cm³/mol. The maximum absolute atomic E-state index is 3.58. The maximum atomic E-state index is 3.58. The van der Waals surface area contributed by atoms with E-state index < -0.39 is 0 Å². The van der Waals surface area contributed by atoms with E-state index in [0.717, 1.165) is 0 Å². The Morgan fingerprint density at radius 3 is 1.36 bits per heavy atom. The van der Waals surface area contributed by atoms with Gasteiger partial charge in [0.25, 0.3) is 0 Å². The number of rotatable bonds is 3. The first-order valence-electron chi connectivity index (χ1n) is 13.5. The number of aromatic amines is 1. The standard InChI is InChI=1S/C38H25N/c1-2-10-25(11-3-1)26-18-20-27(21-19-26)37-30-13-4-6-15-32(30)38(33-16-7-5-14-31(33)37)28-22-23-36-34(24-28)29-12-8-9-17-35(29)39-36/h1-24,39H. The zero-order valence-corrected chi connectivity index (χ0v) is 21.4. The molecule has 0 fully saturated rings. The third kappa shape index (κ3) is 3.48. The van der Waals surface area contributed by atoms with Gasteiger partial charge in [-0.25, -0.2) is 0 Å². The number of para-hydroxylation sites is 1. The molecular formula is C38H25N. The fraction of sp³-hybridized carbons (Fsp3) is 0. The second-order valence-electron chi connectivity index (χ2n) is 10.2. The third-order valence-electron chi connectivity index (χ3n) is 8.01. The number of H-pyrrole nitrogens is 1. The van der Waals surface area contributed by atoms with Crippen LogP contribution in [0.4, 0.5) is 0 Å². The van der Waals surface area contributed by atoms with Gasteiger partial charge in [-0.3, -0.25) is 0 Å². The molecule has 39 heavy (non-hydrogen) atoms. The molecule has 0 saturated carbocycles. The summed E-state index contributed by atoms with van der Waals surface area (Å²) in [4.78, 5) is 3.58. The number of benzene rings is 7. The van der Waals surface area contributed by atoms with E-state index >= 15 is 0 Å². The van der Waals surface area contributed by atoms with Gasteiger partial charge in [0, 0.05) is 21.8 Å². The van der Waals surface area contributed by atoms with Gasteiger partial charge in [0.15, 0.2) is 0 Å². The lowest BCUT2D eigenvalue weighted by Crippen LogP contribution is -1.91. The largest absolute Gasteiger partial charge is 0.355 e. The highest BCUT2D eigenvalue weighted by molar-refractivity contribution is 6.22. The van der Waals surface area contributed by atoms with Crippen LogP contribution in [0.25, 0.3) is 76.7 Å². The Labute approximate surface area is 227 Å². The first-order valence-corrected chi connectivity index (χ1v) is 13.5. The Bertz CT molecular complexity index is 2090. The molecule has 0 amide bonds. The number of hydrogen-bond acceptors (Lipinski definition) is 0. The minimum atomic E-state index is 1.17. The smallest absolute Gasteiger partial charge is 0.0465 e. The zero-order chi connectivity index (χ0) is 25.8. The summed E-state index contributed by atoms with van der Waals surface area (Å²) in [5, 5.41) is 7.63. The molecule has 1 heterocycles. The van der Waals surface area contributed by atoms with Crippen LogP contribution in [-0.2, 0) is 0 Å². The van der Waals surface area contributed by atoms with Gasteiger partial charge in [0.05, 0.1) is 0 Å². The Hall–Kier alpha value is -5.14. The van der Waals surface area contributed by atoms with Crippen LogP contribution in [0.1, 0.15) is 0 Å². The summed E-state index contributed by atoms with van der Waals surface area (Å²) < 4.78 is 0. The number of fused-ring (bicyclic) bond motifs is 5. The SMILES string of the molecule is c1ccc(-c2ccc(-c3c4ccccc4c(-c4ccc5[nH]c6ccccc6c5c4)c4ccccc34)cc2)cc1. The van der Waals surface area contributed by atoms with Crippen LogP contribution in [0.2, 0.25) is 0 Å². The summed E-state index contributed by atoms with van der Waals surface area (Å²) in [7, 11) is 0. The van der Waals surface area contributed by atoms with Crippen molar-refractivity contribution >= 4 is 43.4 Å². The molecule has 0 saturated heterocycles. The lowest BCUT2D eigenvalue weighted by molar-refractivity contribution is 1.55. The monoisotopic (exact) mass is 495 g/mol. The molecule has 1 N–H and O–H groups in total. The van der Waals surface area contributed by atoms with Crippen molar-refractivity contribution in [3.05, 3.63) is 146 Å². The normalized spacial score (nSPS) is 11.6. The van der Waals surface area contributed by atoms with Crippen LogP contribution in [0, 0.1) is 0 Å². The van der Waals surface area contributed by atoms with Gasteiger partial charge >= 0.3 is 0 Å². The maximum Gasteiger partial charge on any atom is 0.0465 e. The highest BCUT2D eigenvalue weighted by Gasteiger charge is 2.17. The molecule has 182 valence electrons. The summed E-state index contributed by atoms with van der Waals surface area (Å²) >= 11 is 0. The summed E-state index contributed by atoms with van der Waals surface area (Å²) in [6.45, 7) is 0. The van der Waals surface area contributed by atoms with Gasteiger partial charge in [0.1, 0.15) is 0 Å². The highest BCUT2D eigenvalue weighted by atomic mass is 14.7. The molecule has 1 nitrogen and oxygen atoms in total. The summed E-state index contributed by atoms with van der Waals surface area (Å²) in [5.41, 5.74) is 9.87. The number of aromatic nitrogens is 1. The van der Waals surface area contributed by atoms with Crippen molar-refractivity contribution in [1.29, 1.82) is 0 Å². The molecule has 1 aromatic heterocycles. The Morgan fingerprint density at radius 2 is 0.718 bits per heavy atom. The average molecular weight is 496 g/mol. The van der Waals surface area contributed by atoms with Crippen molar-refractivity contribution in [2.75, 3.05) is 0 Å². The van der Waals surface area contributed by atoms with Gasteiger partial charge in [0.2, 0.25) is 0 Å². The van der Waals surface area contributed by atoms with E-state index in [-0.39, 0.29) is 0 Å². The predicted octanol–water partition coefficient (Wildman–Crippen LogP) is 10.6. The second kappa shape index (κ2) is 8.72. The zero-order valence-electron chi connectivity index (χ0n) is 21.4. The topological polar surface area (TPSA) is 15.8 Å². The van der Waals surface area contributed by atoms with E-state index in [4.69, 9.17) is 0 Å². The molecule has 0 unspecified atom stereocenters. The third-order valence-corrected chi connectivity index (χ3v) is 8.01. The molecule has 0 bridgehead atoms. The van der Waals surface area contributed by atoms with Crippen molar-refractivity contribution in [3.8, 4) is 33.4 Å². The quantitative estimate of drug-likeness (QED) is 0.235. The molecule has 0 aliphatic carbocycles. The van der Waals surface area contributed by atoms with Gasteiger partial charge in [-0.1, -0.05) is 127 Å². The molecule has 0 radical (unpaired) electrons. The van der Waals surface area contributed by atoms with E-state index in [1.807, 2.05) is 0 Å². The fourth-order valence-electron chi connectivity index (χ4n) is 6.21. The fourth-order valence-corrected chi connectivity index (χ4v) is 6.21. The van der Waals surface area contributed by atoms with Crippen molar-refractivity contribution in [3.63, 3.8) is 0 Å². The van der Waals surface area contributed by atoms with Crippen LogP contribution in [0.15, 0.2) is 146 Å². The van der Waals surface area contributed by atoms with E-state index in [9.17, 15) is 0 Å². The summed E-state index contributed by atoms with van der Waals surface area (Å²) in [6, 6.07) is 52.8. The Kier molecular flexibility index (Phi) is 4.89. The van der Waals surface area contributed by atoms with E-state index in [0.29, 0.717) is 0 Å². The Balaban J connectivity index is 1.40. The molecule has 0 atom stereocenters. The first-order chi connectivity index (χ1) is 19.3. The minimum absolute atomic E-state index is 1.17. The van der Waals surface area contributed by atoms with Crippen LogP contribution >= 0.6 is 0 Å². The lowest BCUT2D eigenvalue weighted by atomic mass is 9.85. The molecule has 0 aliphatic heterocycles. The van der Waals surface area contributed by atoms with Crippen molar-refractivity contribution in [2.24, 2.45) is 0 Å². The van der Waals surface area contributed by atoms with Crippen molar-refractivity contribution in [1.82, 2.24) is 4.98 Å². The molecule has 1 heteroatoms. The minimum Gasteiger partial charge on any atom is -0.355 e. The van der Waals surface area contributed by atoms with Crippen LogP contribution < -0.4 is 0 Å². The second-order valence-corrected chi connectivity index (χ2v) is 10.2. The average Bonchev–Trinajstić information content (AvgIpc) is 3.38. The molecule has 0 aliphatic rings. The molecule has 8 rings (SSSR count). The highest BCUT2D eigenvalue weighted by Crippen LogP contribution is 2.44. The molecule has 8 aromatic rings. The van der Waals surface area contributed by atoms with Gasteiger partial charge in [-0.05, 0) is 73.1 Å². The van der Waals surface area contributed by atoms with Crippen LogP contribution in [-0.4, -0.2) is 4.98 Å². The summed E-state index contributed by atoms with van der Waals surface area (Å²) in [5.74, 6) is 0. The van der Waals surface area contributed by atoms with Crippen LogP contribution in [0.5, 0.6) is 0 Å². The molecular weight excluding hydrogens is 470 g/mol. The summed E-state index contributed by atoms with van der Waals surface area (Å²) in [6.07, 6.45) is 0. The van der Waals surface area contributed by atoms with Gasteiger partial charge in [-0.15, -0.1) is 0 Å².